The van der Waals surface area contributed by atoms with Gasteiger partial charge in [-0.15, -0.1) is 0 Å². The lowest BCUT2D eigenvalue weighted by molar-refractivity contribution is 0.614. The first-order valence-electron chi connectivity index (χ1n) is 5.89. The molecule has 0 bridgehead atoms. The van der Waals surface area contributed by atoms with Gasteiger partial charge >= 0.3 is 0 Å². The zero-order valence-electron chi connectivity index (χ0n) is 10.0. The van der Waals surface area contributed by atoms with Crippen LogP contribution in [-0.4, -0.2) is 11.0 Å². The number of nitriles is 1. The first-order chi connectivity index (χ1) is 7.76. The maximum absolute atomic E-state index is 8.64. The van der Waals surface area contributed by atoms with Crippen molar-refractivity contribution in [1.29, 1.82) is 5.26 Å². The fourth-order valence-electron chi connectivity index (χ4n) is 1.57. The van der Waals surface area contributed by atoms with E-state index in [0.717, 1.165) is 12.2 Å². The number of aromatic nitrogens is 1. The molecule has 1 aromatic rings. The number of hydrogen-bond acceptors (Lipinski definition) is 3. The monoisotopic (exact) mass is 217 g/mol. The molecule has 0 spiro atoms. The predicted octanol–water partition coefficient (Wildman–Crippen LogP) is 3.33. The van der Waals surface area contributed by atoms with Crippen LogP contribution in [0.3, 0.4) is 0 Å². The van der Waals surface area contributed by atoms with Gasteiger partial charge in [-0.1, -0.05) is 26.2 Å². The van der Waals surface area contributed by atoms with E-state index in [9.17, 15) is 0 Å². The molecular formula is C13H19N3. The van der Waals surface area contributed by atoms with Gasteiger partial charge in [-0.2, -0.15) is 5.26 Å². The zero-order chi connectivity index (χ0) is 11.8. The maximum atomic E-state index is 8.64. The van der Waals surface area contributed by atoms with Crippen LogP contribution in [0.2, 0.25) is 0 Å². The molecular weight excluding hydrogens is 198 g/mol. The lowest BCUT2D eigenvalue weighted by atomic mass is 10.1. The van der Waals surface area contributed by atoms with Crippen molar-refractivity contribution >= 4 is 5.82 Å². The number of rotatable bonds is 6. The summed E-state index contributed by atoms with van der Waals surface area (Å²) in [6.07, 6.45) is 6.55. The summed E-state index contributed by atoms with van der Waals surface area (Å²) in [5, 5.41) is 12.0. The second-order valence-electron chi connectivity index (χ2n) is 4.09. The summed E-state index contributed by atoms with van der Waals surface area (Å²) in [6, 6.07) is 6.14. The highest BCUT2D eigenvalue weighted by Gasteiger charge is 2.02. The van der Waals surface area contributed by atoms with Gasteiger partial charge in [-0.25, -0.2) is 4.98 Å². The molecule has 3 nitrogen and oxygen atoms in total. The normalized spacial score (nSPS) is 11.8. The van der Waals surface area contributed by atoms with E-state index in [4.69, 9.17) is 5.26 Å². The Labute approximate surface area is 97.5 Å². The minimum Gasteiger partial charge on any atom is -0.368 e. The fourth-order valence-corrected chi connectivity index (χ4v) is 1.57. The first kappa shape index (κ1) is 12.5. The maximum Gasteiger partial charge on any atom is 0.126 e. The summed E-state index contributed by atoms with van der Waals surface area (Å²) in [5.41, 5.74) is 0.601. The standard InChI is InChI=1S/C13H19N3/c1-3-4-5-6-11(2)16-13-8-7-12(9-14)10-15-13/h7-8,10-11H,3-6H2,1-2H3,(H,15,16). The van der Waals surface area contributed by atoms with E-state index in [0.29, 0.717) is 11.6 Å². The Bertz CT molecular complexity index is 337. The van der Waals surface area contributed by atoms with Gasteiger partial charge in [0.1, 0.15) is 11.9 Å². The van der Waals surface area contributed by atoms with Crippen molar-refractivity contribution in [2.24, 2.45) is 0 Å². The largest absolute Gasteiger partial charge is 0.368 e. The number of unbranched alkanes of at least 4 members (excludes halogenated alkanes) is 2. The molecule has 0 amide bonds. The van der Waals surface area contributed by atoms with Gasteiger partial charge in [-0.3, -0.25) is 0 Å². The fraction of sp³-hybridized carbons (Fsp3) is 0.538. The molecule has 0 aliphatic rings. The molecule has 0 saturated carbocycles. The third kappa shape index (κ3) is 4.31. The minimum atomic E-state index is 0.437. The summed E-state index contributed by atoms with van der Waals surface area (Å²) in [7, 11) is 0. The number of pyridine rings is 1. The quantitative estimate of drug-likeness (QED) is 0.743. The molecule has 0 saturated heterocycles. The number of hydrogen-bond donors (Lipinski definition) is 1. The molecule has 1 heterocycles. The Kier molecular flexibility index (Phi) is 5.35. The van der Waals surface area contributed by atoms with Crippen LogP contribution < -0.4 is 5.32 Å². The van der Waals surface area contributed by atoms with Gasteiger partial charge in [0.2, 0.25) is 0 Å². The number of anilines is 1. The van der Waals surface area contributed by atoms with E-state index in [1.165, 1.54) is 19.3 Å². The molecule has 16 heavy (non-hydrogen) atoms. The number of nitrogens with zero attached hydrogens (tertiary/aromatic N) is 2. The molecule has 0 radical (unpaired) electrons. The minimum absolute atomic E-state index is 0.437. The van der Waals surface area contributed by atoms with E-state index in [1.54, 1.807) is 12.3 Å². The summed E-state index contributed by atoms with van der Waals surface area (Å²) in [6.45, 7) is 4.37. The average Bonchev–Trinajstić information content (AvgIpc) is 2.30. The predicted molar refractivity (Wildman–Crippen MR) is 66.2 cm³/mol. The lowest BCUT2D eigenvalue weighted by Crippen LogP contribution is -2.15. The first-order valence-corrected chi connectivity index (χ1v) is 5.89. The molecule has 3 heteroatoms. The van der Waals surface area contributed by atoms with Gasteiger partial charge in [0.05, 0.1) is 5.56 Å². The molecule has 0 aliphatic heterocycles. The van der Waals surface area contributed by atoms with Crippen molar-refractivity contribution in [2.45, 2.75) is 45.6 Å². The van der Waals surface area contributed by atoms with E-state index in [1.807, 2.05) is 6.07 Å². The smallest absolute Gasteiger partial charge is 0.126 e. The van der Waals surface area contributed by atoms with Crippen molar-refractivity contribution in [1.82, 2.24) is 4.98 Å². The molecule has 0 aliphatic carbocycles. The Hall–Kier alpha value is -1.56. The topological polar surface area (TPSA) is 48.7 Å². The summed E-state index contributed by atoms with van der Waals surface area (Å²) < 4.78 is 0. The third-order valence-electron chi connectivity index (χ3n) is 2.53. The van der Waals surface area contributed by atoms with Crippen LogP contribution in [0.25, 0.3) is 0 Å². The van der Waals surface area contributed by atoms with Crippen LogP contribution in [0.5, 0.6) is 0 Å². The van der Waals surface area contributed by atoms with Gasteiger partial charge in [0, 0.05) is 12.2 Å². The molecule has 0 fully saturated rings. The van der Waals surface area contributed by atoms with Crippen LogP contribution >= 0.6 is 0 Å². The van der Waals surface area contributed by atoms with Gasteiger partial charge in [0.15, 0.2) is 0 Å². The van der Waals surface area contributed by atoms with E-state index < -0.39 is 0 Å². The second-order valence-corrected chi connectivity index (χ2v) is 4.09. The molecule has 86 valence electrons. The van der Waals surface area contributed by atoms with E-state index >= 15 is 0 Å². The molecule has 1 N–H and O–H groups in total. The average molecular weight is 217 g/mol. The van der Waals surface area contributed by atoms with Crippen LogP contribution in [0.1, 0.15) is 45.1 Å². The Morgan fingerprint density at radius 3 is 2.81 bits per heavy atom. The highest BCUT2D eigenvalue weighted by molar-refractivity contribution is 5.39. The highest BCUT2D eigenvalue weighted by atomic mass is 15.0. The Balaban J connectivity index is 2.38. The Morgan fingerprint density at radius 1 is 1.44 bits per heavy atom. The zero-order valence-corrected chi connectivity index (χ0v) is 10.0. The van der Waals surface area contributed by atoms with Gasteiger partial charge < -0.3 is 5.32 Å². The van der Waals surface area contributed by atoms with E-state index in [2.05, 4.69) is 30.2 Å². The molecule has 1 atom stereocenters. The molecule has 0 aromatic carbocycles. The molecule has 1 rings (SSSR count). The van der Waals surface area contributed by atoms with Gasteiger partial charge in [0.25, 0.3) is 0 Å². The lowest BCUT2D eigenvalue weighted by Gasteiger charge is -2.13. The molecule has 1 aromatic heterocycles. The highest BCUT2D eigenvalue weighted by Crippen LogP contribution is 2.10. The van der Waals surface area contributed by atoms with E-state index in [-0.39, 0.29) is 0 Å². The van der Waals surface area contributed by atoms with Crippen LogP contribution in [0.15, 0.2) is 18.3 Å². The van der Waals surface area contributed by atoms with Crippen LogP contribution in [-0.2, 0) is 0 Å². The van der Waals surface area contributed by atoms with Crippen molar-refractivity contribution in [3.8, 4) is 6.07 Å². The van der Waals surface area contributed by atoms with Gasteiger partial charge in [-0.05, 0) is 25.5 Å². The van der Waals surface area contributed by atoms with Crippen molar-refractivity contribution in [3.05, 3.63) is 23.9 Å². The van der Waals surface area contributed by atoms with Crippen LogP contribution in [0, 0.1) is 11.3 Å². The summed E-state index contributed by atoms with van der Waals surface area (Å²) >= 11 is 0. The summed E-state index contributed by atoms with van der Waals surface area (Å²) in [5.74, 6) is 0.850. The number of nitrogens with one attached hydrogen (secondary N) is 1. The van der Waals surface area contributed by atoms with Crippen molar-refractivity contribution < 1.29 is 0 Å². The second kappa shape index (κ2) is 6.84. The van der Waals surface area contributed by atoms with Crippen molar-refractivity contribution in [2.75, 3.05) is 5.32 Å². The summed E-state index contributed by atoms with van der Waals surface area (Å²) in [4.78, 5) is 4.18. The van der Waals surface area contributed by atoms with Crippen molar-refractivity contribution in [3.63, 3.8) is 0 Å². The molecule has 1 unspecified atom stereocenters. The third-order valence-corrected chi connectivity index (χ3v) is 2.53. The Morgan fingerprint density at radius 2 is 2.25 bits per heavy atom. The SMILES string of the molecule is CCCCCC(C)Nc1ccc(C#N)cn1. The van der Waals surface area contributed by atoms with Crippen LogP contribution in [0.4, 0.5) is 5.82 Å².